The van der Waals surface area contributed by atoms with E-state index >= 15 is 0 Å². The smallest absolute Gasteiger partial charge is 0.277 e. The number of ether oxygens (including phenoxy) is 2. The van der Waals surface area contributed by atoms with Gasteiger partial charge in [0.2, 0.25) is 0 Å². The van der Waals surface area contributed by atoms with Crippen molar-refractivity contribution in [3.8, 4) is 5.75 Å². The molecule has 7 heteroatoms. The van der Waals surface area contributed by atoms with Crippen LogP contribution in [-0.2, 0) is 4.74 Å². The van der Waals surface area contributed by atoms with Crippen LogP contribution >= 0.6 is 11.6 Å². The third kappa shape index (κ3) is 4.21. The Balaban J connectivity index is 2.17. The van der Waals surface area contributed by atoms with E-state index in [2.05, 4.69) is 15.0 Å². The summed E-state index contributed by atoms with van der Waals surface area (Å²) in [5.74, 6) is 0.0936. The van der Waals surface area contributed by atoms with E-state index in [1.807, 2.05) is 6.92 Å². The van der Waals surface area contributed by atoms with E-state index in [-0.39, 0.29) is 11.8 Å². The van der Waals surface area contributed by atoms with Crippen molar-refractivity contribution in [3.05, 3.63) is 41.2 Å². The van der Waals surface area contributed by atoms with E-state index in [4.69, 9.17) is 21.1 Å². The van der Waals surface area contributed by atoms with Gasteiger partial charge in [-0.3, -0.25) is 4.79 Å². The van der Waals surface area contributed by atoms with Crippen molar-refractivity contribution < 1.29 is 18.8 Å². The Morgan fingerprint density at radius 1 is 1.48 bits per heavy atom. The minimum Gasteiger partial charge on any atom is -0.486 e. The highest BCUT2D eigenvalue weighted by atomic mass is 35.5. The van der Waals surface area contributed by atoms with Crippen molar-refractivity contribution in [2.75, 3.05) is 19.0 Å². The molecule has 0 spiro atoms. The zero-order valence-corrected chi connectivity index (χ0v) is 12.4. The van der Waals surface area contributed by atoms with E-state index < -0.39 is 5.91 Å². The number of rotatable bonds is 6. The molecule has 1 atom stereocenters. The molecule has 0 fully saturated rings. The molecule has 1 N–H and O–H groups in total. The van der Waals surface area contributed by atoms with E-state index in [1.54, 1.807) is 25.3 Å². The van der Waals surface area contributed by atoms with Gasteiger partial charge >= 0.3 is 0 Å². The van der Waals surface area contributed by atoms with E-state index in [9.17, 15) is 4.79 Å². The lowest BCUT2D eigenvalue weighted by molar-refractivity contribution is 0.0921. The molecule has 2 rings (SSSR count). The number of nitrogens with zero attached hydrogens (tertiary/aromatic N) is 1. The van der Waals surface area contributed by atoms with Crippen LogP contribution in [0.3, 0.4) is 0 Å². The zero-order valence-electron chi connectivity index (χ0n) is 11.6. The maximum Gasteiger partial charge on any atom is 0.277 e. The molecule has 0 saturated heterocycles. The number of benzene rings is 1. The number of nitrogens with one attached hydrogen (secondary N) is 1. The van der Waals surface area contributed by atoms with Gasteiger partial charge in [0.15, 0.2) is 5.69 Å². The van der Waals surface area contributed by atoms with Crippen molar-refractivity contribution in [2.24, 2.45) is 0 Å². The van der Waals surface area contributed by atoms with Gasteiger partial charge in [-0.25, -0.2) is 0 Å². The fourth-order valence-corrected chi connectivity index (χ4v) is 1.88. The van der Waals surface area contributed by atoms with Crippen molar-refractivity contribution in [1.82, 2.24) is 5.16 Å². The Morgan fingerprint density at radius 3 is 2.95 bits per heavy atom. The summed E-state index contributed by atoms with van der Waals surface area (Å²) in [7, 11) is 1.59. The van der Waals surface area contributed by atoms with E-state index in [0.29, 0.717) is 23.1 Å². The first-order chi connectivity index (χ1) is 10.1. The fourth-order valence-electron chi connectivity index (χ4n) is 1.70. The second-order valence-corrected chi connectivity index (χ2v) is 4.80. The van der Waals surface area contributed by atoms with Crippen LogP contribution in [0.4, 0.5) is 5.69 Å². The van der Waals surface area contributed by atoms with Crippen LogP contribution in [-0.4, -0.2) is 30.9 Å². The summed E-state index contributed by atoms with van der Waals surface area (Å²) in [5, 5.41) is 6.75. The molecule has 1 aromatic heterocycles. The van der Waals surface area contributed by atoms with Crippen LogP contribution in [0.5, 0.6) is 5.75 Å². The van der Waals surface area contributed by atoms with Gasteiger partial charge in [0.05, 0.1) is 12.3 Å². The summed E-state index contributed by atoms with van der Waals surface area (Å²) in [5.41, 5.74) is 0.629. The number of aromatic nitrogens is 1. The highest BCUT2D eigenvalue weighted by Crippen LogP contribution is 2.29. The number of amides is 1. The normalized spacial score (nSPS) is 12.0. The maximum absolute atomic E-state index is 12.0. The summed E-state index contributed by atoms with van der Waals surface area (Å²) < 4.78 is 15.4. The fraction of sp³-hybridized carbons (Fsp3) is 0.286. The van der Waals surface area contributed by atoms with Gasteiger partial charge < -0.3 is 19.3 Å². The monoisotopic (exact) mass is 310 g/mol. The predicted molar refractivity (Wildman–Crippen MR) is 77.9 cm³/mol. The Morgan fingerprint density at radius 2 is 2.29 bits per heavy atom. The van der Waals surface area contributed by atoms with Gasteiger partial charge in [0.1, 0.15) is 18.1 Å². The average molecular weight is 311 g/mol. The lowest BCUT2D eigenvalue weighted by atomic mass is 10.2. The van der Waals surface area contributed by atoms with Crippen molar-refractivity contribution in [3.63, 3.8) is 0 Å². The highest BCUT2D eigenvalue weighted by molar-refractivity contribution is 6.31. The lowest BCUT2D eigenvalue weighted by Crippen LogP contribution is -2.20. The molecule has 112 valence electrons. The molecule has 2 aromatic rings. The van der Waals surface area contributed by atoms with Gasteiger partial charge in [-0.05, 0) is 25.1 Å². The summed E-state index contributed by atoms with van der Waals surface area (Å²) in [4.78, 5) is 12.0. The standard InChI is InChI=1S/C14H15ClN2O4/c1-9(8-19-2)21-13-4-3-10(15)7-12(13)16-14(18)11-5-6-20-17-11/h3-7,9H,8H2,1-2H3,(H,16,18)/t9-/m0/s1. The van der Waals surface area contributed by atoms with Crippen LogP contribution in [0.1, 0.15) is 17.4 Å². The quantitative estimate of drug-likeness (QED) is 0.888. The number of halogens is 1. The number of carbonyl (C=O) groups excluding carboxylic acids is 1. The number of carbonyl (C=O) groups is 1. The van der Waals surface area contributed by atoms with Crippen LogP contribution in [0.15, 0.2) is 35.1 Å². The number of methoxy groups -OCH3 is 1. The largest absolute Gasteiger partial charge is 0.486 e. The number of hydrogen-bond acceptors (Lipinski definition) is 5. The molecule has 0 aliphatic carbocycles. The van der Waals surface area contributed by atoms with Gasteiger partial charge in [-0.2, -0.15) is 0 Å². The maximum atomic E-state index is 12.0. The SMILES string of the molecule is COC[C@H](C)Oc1ccc(Cl)cc1NC(=O)c1ccon1. The van der Waals surface area contributed by atoms with Gasteiger partial charge in [0, 0.05) is 18.2 Å². The minimum absolute atomic E-state index is 0.168. The molecule has 0 radical (unpaired) electrons. The first kappa shape index (κ1) is 15.3. The Kier molecular flexibility index (Phi) is 5.19. The molecule has 0 aliphatic heterocycles. The highest BCUT2D eigenvalue weighted by Gasteiger charge is 2.14. The third-order valence-corrected chi connectivity index (χ3v) is 2.82. The number of hydrogen-bond donors (Lipinski definition) is 1. The zero-order chi connectivity index (χ0) is 15.2. The first-order valence-electron chi connectivity index (χ1n) is 6.27. The van der Waals surface area contributed by atoms with E-state index in [0.717, 1.165) is 0 Å². The van der Waals surface area contributed by atoms with Crippen LogP contribution in [0.25, 0.3) is 0 Å². The minimum atomic E-state index is -0.407. The summed E-state index contributed by atoms with van der Waals surface area (Å²) in [6.07, 6.45) is 1.16. The van der Waals surface area contributed by atoms with Crippen molar-refractivity contribution >= 4 is 23.2 Å². The molecule has 1 amide bonds. The van der Waals surface area contributed by atoms with Crippen LogP contribution < -0.4 is 10.1 Å². The summed E-state index contributed by atoms with van der Waals surface area (Å²) in [6, 6.07) is 6.44. The second kappa shape index (κ2) is 7.10. The average Bonchev–Trinajstić information content (AvgIpc) is 2.96. The Bertz CT molecular complexity index is 601. The Labute approximate surface area is 127 Å². The molecule has 0 aliphatic rings. The van der Waals surface area contributed by atoms with Crippen LogP contribution in [0, 0.1) is 0 Å². The number of anilines is 1. The molecule has 6 nitrogen and oxygen atoms in total. The molecule has 0 unspecified atom stereocenters. The lowest BCUT2D eigenvalue weighted by Gasteiger charge is -2.17. The first-order valence-corrected chi connectivity index (χ1v) is 6.65. The molecule has 1 heterocycles. The molecule has 1 aromatic carbocycles. The molecule has 0 saturated carbocycles. The van der Waals surface area contributed by atoms with Gasteiger partial charge in [0.25, 0.3) is 5.91 Å². The van der Waals surface area contributed by atoms with Gasteiger partial charge in [-0.15, -0.1) is 0 Å². The van der Waals surface area contributed by atoms with Crippen molar-refractivity contribution in [2.45, 2.75) is 13.0 Å². The Hall–Kier alpha value is -2.05. The van der Waals surface area contributed by atoms with E-state index in [1.165, 1.54) is 12.3 Å². The van der Waals surface area contributed by atoms with Gasteiger partial charge in [-0.1, -0.05) is 16.8 Å². The van der Waals surface area contributed by atoms with Crippen molar-refractivity contribution in [1.29, 1.82) is 0 Å². The third-order valence-electron chi connectivity index (χ3n) is 2.59. The topological polar surface area (TPSA) is 73.6 Å². The van der Waals surface area contributed by atoms with Crippen LogP contribution in [0.2, 0.25) is 5.02 Å². The molecule has 0 bridgehead atoms. The molecular formula is C14H15ClN2O4. The second-order valence-electron chi connectivity index (χ2n) is 4.36. The summed E-state index contributed by atoms with van der Waals surface area (Å²) in [6.45, 7) is 2.29. The molecule has 21 heavy (non-hydrogen) atoms. The predicted octanol–water partition coefficient (Wildman–Crippen LogP) is 2.99. The summed E-state index contributed by atoms with van der Waals surface area (Å²) >= 11 is 5.96. The molecular weight excluding hydrogens is 296 g/mol.